The van der Waals surface area contributed by atoms with Gasteiger partial charge in [-0.3, -0.25) is 4.79 Å². The highest BCUT2D eigenvalue weighted by Gasteiger charge is 2.15. The van der Waals surface area contributed by atoms with Gasteiger partial charge in [-0.2, -0.15) is 0 Å². The van der Waals surface area contributed by atoms with Gasteiger partial charge in [-0.15, -0.1) is 0 Å². The number of carbonyl (C=O) groups is 1. The van der Waals surface area contributed by atoms with Crippen LogP contribution in [0.1, 0.15) is 33.1 Å². The van der Waals surface area contributed by atoms with E-state index in [2.05, 4.69) is 10.3 Å². The lowest BCUT2D eigenvalue weighted by atomic mass is 10.0. The molecule has 0 bridgehead atoms. The first-order valence-electron chi connectivity index (χ1n) is 5.99. The molecule has 0 atom stereocenters. The van der Waals surface area contributed by atoms with Crippen LogP contribution in [-0.2, 0) is 11.3 Å². The predicted molar refractivity (Wildman–Crippen MR) is 67.4 cm³/mol. The van der Waals surface area contributed by atoms with Crippen molar-refractivity contribution in [2.45, 2.75) is 45.2 Å². The Bertz CT molecular complexity index is 327. The van der Waals surface area contributed by atoms with Crippen LogP contribution in [0.5, 0.6) is 0 Å². The van der Waals surface area contributed by atoms with Gasteiger partial charge < -0.3 is 15.6 Å². The number of unbranched alkanes of at least 4 members (excludes halogenated alkanes) is 1. The fraction of sp³-hybridized carbons (Fsp3) is 0.667. The Labute approximate surface area is 102 Å². The van der Waals surface area contributed by atoms with Crippen LogP contribution in [0.3, 0.4) is 0 Å². The summed E-state index contributed by atoms with van der Waals surface area (Å²) in [5, 5.41) is 2.88. The van der Waals surface area contributed by atoms with E-state index in [-0.39, 0.29) is 5.91 Å². The molecule has 0 radical (unpaired) electrons. The average Bonchev–Trinajstić information content (AvgIpc) is 2.67. The number of nitrogens with zero attached hydrogens (tertiary/aromatic N) is 2. The van der Waals surface area contributed by atoms with Crippen molar-refractivity contribution in [2.24, 2.45) is 5.73 Å². The van der Waals surface area contributed by atoms with Gasteiger partial charge in [0.25, 0.3) is 0 Å². The number of hydrogen-bond acceptors (Lipinski definition) is 3. The van der Waals surface area contributed by atoms with Crippen molar-refractivity contribution in [3.05, 3.63) is 18.7 Å². The molecule has 0 spiro atoms. The quantitative estimate of drug-likeness (QED) is 0.693. The lowest BCUT2D eigenvalue weighted by Gasteiger charge is -2.17. The summed E-state index contributed by atoms with van der Waals surface area (Å²) >= 11 is 0. The van der Waals surface area contributed by atoms with Gasteiger partial charge in [0, 0.05) is 37.4 Å². The lowest BCUT2D eigenvalue weighted by molar-refractivity contribution is -0.122. The molecule has 17 heavy (non-hydrogen) atoms. The van der Waals surface area contributed by atoms with Gasteiger partial charge in [0.2, 0.25) is 5.91 Å². The smallest absolute Gasteiger partial charge is 0.221 e. The van der Waals surface area contributed by atoms with Crippen molar-refractivity contribution in [1.82, 2.24) is 14.9 Å². The summed E-state index contributed by atoms with van der Waals surface area (Å²) in [5.74, 6) is 0.0279. The maximum absolute atomic E-state index is 11.4. The first-order valence-corrected chi connectivity index (χ1v) is 5.99. The number of carbonyl (C=O) groups excluding carboxylic acids is 1. The van der Waals surface area contributed by atoms with Crippen LogP contribution in [0, 0.1) is 0 Å². The van der Waals surface area contributed by atoms with E-state index in [1.54, 1.807) is 12.5 Å². The molecule has 5 nitrogen and oxygen atoms in total. The number of hydrogen-bond donors (Lipinski definition) is 2. The zero-order chi connectivity index (χ0) is 12.7. The number of aryl methyl sites for hydroxylation is 1. The molecule has 1 aromatic rings. The van der Waals surface area contributed by atoms with E-state index in [9.17, 15) is 4.79 Å². The summed E-state index contributed by atoms with van der Waals surface area (Å²) in [6.45, 7) is 5.36. The Balaban J connectivity index is 2.02. The van der Waals surface area contributed by atoms with Crippen molar-refractivity contribution in [3.63, 3.8) is 0 Å². The van der Waals surface area contributed by atoms with E-state index < -0.39 is 5.54 Å². The number of nitrogens with one attached hydrogen (secondary N) is 1. The van der Waals surface area contributed by atoms with Crippen molar-refractivity contribution in [3.8, 4) is 0 Å². The van der Waals surface area contributed by atoms with Crippen molar-refractivity contribution < 1.29 is 4.79 Å². The third kappa shape index (κ3) is 6.73. The van der Waals surface area contributed by atoms with Crippen LogP contribution in [0.4, 0.5) is 0 Å². The summed E-state index contributed by atoms with van der Waals surface area (Å²) in [7, 11) is 0. The maximum Gasteiger partial charge on any atom is 0.221 e. The number of aromatic nitrogens is 2. The highest BCUT2D eigenvalue weighted by molar-refractivity contribution is 5.76. The van der Waals surface area contributed by atoms with Gasteiger partial charge in [-0.25, -0.2) is 4.98 Å². The molecule has 0 aliphatic rings. The SMILES string of the molecule is CC(C)(N)CC(=O)NCCCCn1ccnc1. The largest absolute Gasteiger partial charge is 0.356 e. The molecule has 3 N–H and O–H groups in total. The Morgan fingerprint density at radius 1 is 1.47 bits per heavy atom. The monoisotopic (exact) mass is 238 g/mol. The summed E-state index contributed by atoms with van der Waals surface area (Å²) in [6.07, 6.45) is 7.88. The number of imidazole rings is 1. The first kappa shape index (κ1) is 13.7. The zero-order valence-corrected chi connectivity index (χ0v) is 10.6. The maximum atomic E-state index is 11.4. The minimum absolute atomic E-state index is 0.0279. The molecule has 0 unspecified atom stereocenters. The van der Waals surface area contributed by atoms with Gasteiger partial charge >= 0.3 is 0 Å². The van der Waals surface area contributed by atoms with Gasteiger partial charge in [-0.1, -0.05) is 0 Å². The van der Waals surface area contributed by atoms with Gasteiger partial charge in [-0.05, 0) is 26.7 Å². The third-order valence-electron chi connectivity index (χ3n) is 2.34. The minimum Gasteiger partial charge on any atom is -0.356 e. The zero-order valence-electron chi connectivity index (χ0n) is 10.6. The molecular weight excluding hydrogens is 216 g/mol. The second-order valence-corrected chi connectivity index (χ2v) is 5.02. The van der Waals surface area contributed by atoms with E-state index in [4.69, 9.17) is 5.73 Å². The van der Waals surface area contributed by atoms with E-state index in [0.29, 0.717) is 13.0 Å². The van der Waals surface area contributed by atoms with E-state index in [1.165, 1.54) is 0 Å². The van der Waals surface area contributed by atoms with Crippen LogP contribution in [-0.4, -0.2) is 27.5 Å². The third-order valence-corrected chi connectivity index (χ3v) is 2.34. The number of amides is 1. The van der Waals surface area contributed by atoms with Crippen LogP contribution < -0.4 is 11.1 Å². The molecule has 1 aromatic heterocycles. The molecule has 0 saturated carbocycles. The Hall–Kier alpha value is -1.36. The van der Waals surface area contributed by atoms with E-state index in [1.807, 2.05) is 24.6 Å². The molecule has 1 rings (SSSR count). The molecule has 0 saturated heterocycles. The van der Waals surface area contributed by atoms with Crippen LogP contribution >= 0.6 is 0 Å². The highest BCUT2D eigenvalue weighted by Crippen LogP contribution is 2.02. The minimum atomic E-state index is -0.430. The van der Waals surface area contributed by atoms with Gasteiger partial charge in [0.05, 0.1) is 6.33 Å². The summed E-state index contributed by atoms with van der Waals surface area (Å²) < 4.78 is 2.03. The number of nitrogens with two attached hydrogens (primary N) is 1. The summed E-state index contributed by atoms with van der Waals surface area (Å²) in [6, 6.07) is 0. The Morgan fingerprint density at radius 2 is 2.24 bits per heavy atom. The topological polar surface area (TPSA) is 72.9 Å². The van der Waals surface area contributed by atoms with Gasteiger partial charge in [0.1, 0.15) is 0 Å². The Morgan fingerprint density at radius 3 is 2.82 bits per heavy atom. The van der Waals surface area contributed by atoms with Crippen molar-refractivity contribution >= 4 is 5.91 Å². The van der Waals surface area contributed by atoms with E-state index in [0.717, 1.165) is 19.4 Å². The molecule has 5 heteroatoms. The van der Waals surface area contributed by atoms with E-state index >= 15 is 0 Å². The van der Waals surface area contributed by atoms with Crippen molar-refractivity contribution in [1.29, 1.82) is 0 Å². The molecular formula is C12H22N4O. The molecule has 1 amide bonds. The molecule has 0 fully saturated rings. The second-order valence-electron chi connectivity index (χ2n) is 5.02. The first-order chi connectivity index (χ1) is 7.97. The average molecular weight is 238 g/mol. The Kier molecular flexibility index (Phi) is 5.15. The second kappa shape index (κ2) is 6.39. The van der Waals surface area contributed by atoms with Crippen LogP contribution in [0.25, 0.3) is 0 Å². The van der Waals surface area contributed by atoms with Crippen molar-refractivity contribution in [2.75, 3.05) is 6.54 Å². The molecule has 0 aliphatic carbocycles. The number of rotatable bonds is 7. The van der Waals surface area contributed by atoms with Crippen LogP contribution in [0.2, 0.25) is 0 Å². The molecule has 1 heterocycles. The fourth-order valence-corrected chi connectivity index (χ4v) is 1.54. The van der Waals surface area contributed by atoms with Gasteiger partial charge in [0.15, 0.2) is 0 Å². The normalized spacial score (nSPS) is 11.5. The van der Waals surface area contributed by atoms with Crippen LogP contribution in [0.15, 0.2) is 18.7 Å². The summed E-state index contributed by atoms with van der Waals surface area (Å²) in [4.78, 5) is 15.4. The lowest BCUT2D eigenvalue weighted by Crippen LogP contribution is -2.39. The predicted octanol–water partition coefficient (Wildman–Crippen LogP) is 0.907. The standard InChI is InChI=1S/C12H22N4O/c1-12(2,13)9-11(17)15-5-3-4-7-16-8-6-14-10-16/h6,8,10H,3-5,7,9,13H2,1-2H3,(H,15,17). The summed E-state index contributed by atoms with van der Waals surface area (Å²) in [5.41, 5.74) is 5.33. The molecule has 0 aromatic carbocycles. The fourth-order valence-electron chi connectivity index (χ4n) is 1.54. The molecule has 96 valence electrons. The highest BCUT2D eigenvalue weighted by atomic mass is 16.1. The molecule has 0 aliphatic heterocycles.